The summed E-state index contributed by atoms with van der Waals surface area (Å²) in [5, 5.41) is 2.96. The Morgan fingerprint density at radius 3 is 2.62 bits per heavy atom. The van der Waals surface area contributed by atoms with Crippen LogP contribution in [-0.2, 0) is 0 Å². The lowest BCUT2D eigenvalue weighted by Crippen LogP contribution is -2.14. The quantitative estimate of drug-likeness (QED) is 0.683. The second-order valence-corrected chi connectivity index (χ2v) is 6.14. The molecule has 3 nitrogen and oxygen atoms in total. The molecule has 0 unspecified atom stereocenters. The maximum Gasteiger partial charge on any atom is 0.259 e. The molecule has 0 spiro atoms. The monoisotopic (exact) mass is 439 g/mol. The van der Waals surface area contributed by atoms with Crippen molar-refractivity contribution in [1.29, 1.82) is 0 Å². The van der Waals surface area contributed by atoms with Crippen molar-refractivity contribution in [2.24, 2.45) is 0 Å². The van der Waals surface area contributed by atoms with Crippen molar-refractivity contribution < 1.29 is 13.9 Å². The van der Waals surface area contributed by atoms with E-state index < -0.39 is 11.7 Å². The molecule has 0 atom stereocenters. The normalized spacial score (nSPS) is 10.3. The fourth-order valence-electron chi connectivity index (χ4n) is 1.72. The van der Waals surface area contributed by atoms with E-state index in [0.717, 1.165) is 3.57 Å². The third kappa shape index (κ3) is 3.78. The average molecular weight is 440 g/mol. The Kier molecular flexibility index (Phi) is 5.29. The SMILES string of the molecule is COc1c(Cl)cc(Cl)cc1C(=O)Nc1ccc(I)cc1F. The maximum absolute atomic E-state index is 13.8. The molecule has 0 aromatic heterocycles. The predicted molar refractivity (Wildman–Crippen MR) is 90.1 cm³/mol. The third-order valence-electron chi connectivity index (χ3n) is 2.64. The molecule has 21 heavy (non-hydrogen) atoms. The van der Waals surface area contributed by atoms with Crippen molar-refractivity contribution >= 4 is 57.4 Å². The van der Waals surface area contributed by atoms with Gasteiger partial charge in [-0.25, -0.2) is 4.39 Å². The maximum atomic E-state index is 13.8. The Morgan fingerprint density at radius 1 is 1.29 bits per heavy atom. The summed E-state index contributed by atoms with van der Waals surface area (Å²) in [5.41, 5.74) is 0.200. The van der Waals surface area contributed by atoms with Gasteiger partial charge in [-0.2, -0.15) is 0 Å². The number of amides is 1. The first-order valence-electron chi connectivity index (χ1n) is 5.72. The number of ether oxygens (including phenoxy) is 1. The fraction of sp³-hybridized carbons (Fsp3) is 0.0714. The van der Waals surface area contributed by atoms with Gasteiger partial charge in [0.2, 0.25) is 0 Å². The van der Waals surface area contributed by atoms with Crippen LogP contribution in [0.1, 0.15) is 10.4 Å². The molecule has 0 saturated carbocycles. The minimum absolute atomic E-state index is 0.0681. The van der Waals surface area contributed by atoms with Crippen LogP contribution in [0.4, 0.5) is 10.1 Å². The van der Waals surface area contributed by atoms with Crippen molar-refractivity contribution in [1.82, 2.24) is 0 Å². The Hall–Kier alpha value is -1.05. The van der Waals surface area contributed by atoms with E-state index in [1.54, 1.807) is 6.07 Å². The van der Waals surface area contributed by atoms with Gasteiger partial charge in [-0.1, -0.05) is 23.2 Å². The Morgan fingerprint density at radius 2 is 2.00 bits per heavy atom. The molecule has 7 heteroatoms. The average Bonchev–Trinajstić information content (AvgIpc) is 2.41. The molecule has 1 N–H and O–H groups in total. The summed E-state index contributed by atoms with van der Waals surface area (Å²) in [6, 6.07) is 7.35. The Labute approximate surface area is 144 Å². The van der Waals surface area contributed by atoms with Crippen molar-refractivity contribution in [2.45, 2.75) is 0 Å². The van der Waals surface area contributed by atoms with E-state index in [-0.39, 0.29) is 27.0 Å². The molecule has 0 heterocycles. The van der Waals surface area contributed by atoms with Gasteiger partial charge in [0.15, 0.2) is 0 Å². The molecule has 0 radical (unpaired) electrons. The van der Waals surface area contributed by atoms with Crippen LogP contribution in [0.2, 0.25) is 10.0 Å². The van der Waals surface area contributed by atoms with Gasteiger partial charge in [0.25, 0.3) is 5.91 Å². The molecule has 2 aromatic carbocycles. The van der Waals surface area contributed by atoms with Gasteiger partial charge in [-0.05, 0) is 52.9 Å². The highest BCUT2D eigenvalue weighted by molar-refractivity contribution is 14.1. The molecule has 2 aromatic rings. The number of carbonyl (C=O) groups is 1. The predicted octanol–water partition coefficient (Wildman–Crippen LogP) is 5.00. The number of nitrogens with one attached hydrogen (secondary N) is 1. The smallest absolute Gasteiger partial charge is 0.259 e. The van der Waals surface area contributed by atoms with Crippen LogP contribution in [-0.4, -0.2) is 13.0 Å². The van der Waals surface area contributed by atoms with Crippen LogP contribution < -0.4 is 10.1 Å². The van der Waals surface area contributed by atoms with Crippen molar-refractivity contribution in [3.05, 3.63) is 55.3 Å². The van der Waals surface area contributed by atoms with Gasteiger partial charge in [0.05, 0.1) is 23.4 Å². The number of anilines is 1. The molecule has 0 aliphatic rings. The zero-order chi connectivity index (χ0) is 15.6. The van der Waals surface area contributed by atoms with E-state index in [0.29, 0.717) is 0 Å². The first-order chi connectivity index (χ1) is 9.92. The number of rotatable bonds is 3. The lowest BCUT2D eigenvalue weighted by molar-refractivity contribution is 0.102. The molecule has 0 saturated heterocycles. The Balaban J connectivity index is 2.36. The van der Waals surface area contributed by atoms with Gasteiger partial charge < -0.3 is 10.1 Å². The highest BCUT2D eigenvalue weighted by Crippen LogP contribution is 2.32. The van der Waals surface area contributed by atoms with E-state index in [4.69, 9.17) is 27.9 Å². The van der Waals surface area contributed by atoms with Crippen LogP contribution >= 0.6 is 45.8 Å². The number of carbonyl (C=O) groups excluding carboxylic acids is 1. The lowest BCUT2D eigenvalue weighted by Gasteiger charge is -2.12. The molecule has 0 aliphatic carbocycles. The Bertz CT molecular complexity index is 710. The number of methoxy groups -OCH3 is 1. The molecule has 2 rings (SSSR count). The van der Waals surface area contributed by atoms with E-state index >= 15 is 0 Å². The van der Waals surface area contributed by atoms with Crippen LogP contribution in [0, 0.1) is 9.39 Å². The van der Waals surface area contributed by atoms with Gasteiger partial charge in [0.1, 0.15) is 11.6 Å². The van der Waals surface area contributed by atoms with Crippen molar-refractivity contribution in [2.75, 3.05) is 12.4 Å². The van der Waals surface area contributed by atoms with Gasteiger partial charge in [-0.15, -0.1) is 0 Å². The van der Waals surface area contributed by atoms with Crippen LogP contribution in [0.3, 0.4) is 0 Å². The van der Waals surface area contributed by atoms with Crippen molar-refractivity contribution in [3.8, 4) is 5.75 Å². The molecule has 1 amide bonds. The molecule has 0 bridgehead atoms. The van der Waals surface area contributed by atoms with Crippen LogP contribution in [0.15, 0.2) is 30.3 Å². The van der Waals surface area contributed by atoms with Crippen LogP contribution in [0.25, 0.3) is 0 Å². The van der Waals surface area contributed by atoms with Gasteiger partial charge in [0, 0.05) is 8.59 Å². The second kappa shape index (κ2) is 6.81. The van der Waals surface area contributed by atoms with Gasteiger partial charge in [-0.3, -0.25) is 4.79 Å². The molecule has 110 valence electrons. The highest BCUT2D eigenvalue weighted by Gasteiger charge is 2.18. The highest BCUT2D eigenvalue weighted by atomic mass is 127. The van der Waals surface area contributed by atoms with Crippen LogP contribution in [0.5, 0.6) is 5.75 Å². The van der Waals surface area contributed by atoms with Gasteiger partial charge >= 0.3 is 0 Å². The first kappa shape index (κ1) is 16.3. The fourth-order valence-corrected chi connectivity index (χ4v) is 2.74. The van der Waals surface area contributed by atoms with E-state index in [2.05, 4.69) is 5.32 Å². The summed E-state index contributed by atoms with van der Waals surface area (Å²) in [7, 11) is 1.39. The lowest BCUT2D eigenvalue weighted by atomic mass is 10.1. The third-order valence-corrected chi connectivity index (χ3v) is 3.81. The van der Waals surface area contributed by atoms with E-state index in [1.807, 2.05) is 22.6 Å². The zero-order valence-corrected chi connectivity index (χ0v) is 14.4. The summed E-state index contributed by atoms with van der Waals surface area (Å²) in [4.78, 5) is 12.3. The first-order valence-corrected chi connectivity index (χ1v) is 7.55. The number of hydrogen-bond acceptors (Lipinski definition) is 2. The molecular formula is C14H9Cl2FINO2. The zero-order valence-electron chi connectivity index (χ0n) is 10.7. The summed E-state index contributed by atoms with van der Waals surface area (Å²) >= 11 is 13.8. The molecule has 0 aliphatic heterocycles. The number of benzene rings is 2. The molecule has 0 fully saturated rings. The summed E-state index contributed by atoms with van der Waals surface area (Å²) in [6.07, 6.45) is 0. The summed E-state index contributed by atoms with van der Waals surface area (Å²) in [5.74, 6) is -0.900. The molecular weight excluding hydrogens is 431 g/mol. The minimum Gasteiger partial charge on any atom is -0.494 e. The van der Waals surface area contributed by atoms with E-state index in [9.17, 15) is 9.18 Å². The van der Waals surface area contributed by atoms with Crippen molar-refractivity contribution in [3.63, 3.8) is 0 Å². The largest absolute Gasteiger partial charge is 0.494 e. The summed E-state index contributed by atoms with van der Waals surface area (Å²) in [6.45, 7) is 0. The second-order valence-electron chi connectivity index (χ2n) is 4.05. The topological polar surface area (TPSA) is 38.3 Å². The van der Waals surface area contributed by atoms with E-state index in [1.165, 1.54) is 31.4 Å². The number of hydrogen-bond donors (Lipinski definition) is 1. The summed E-state index contributed by atoms with van der Waals surface area (Å²) < 4.78 is 19.6. The number of halogens is 4. The minimum atomic E-state index is -0.559. The standard InChI is InChI=1S/C14H9Cl2FINO2/c1-21-13-9(4-7(15)5-10(13)16)14(20)19-12-3-2-8(18)6-11(12)17/h2-6H,1H3,(H,19,20).